The highest BCUT2D eigenvalue weighted by atomic mass is 32.2. The summed E-state index contributed by atoms with van der Waals surface area (Å²) in [6.07, 6.45) is 6.89. The molecule has 0 saturated heterocycles. The van der Waals surface area contributed by atoms with Gasteiger partial charge in [-0.3, -0.25) is 0 Å². The van der Waals surface area contributed by atoms with Gasteiger partial charge < -0.3 is 10.3 Å². The van der Waals surface area contributed by atoms with E-state index in [0.29, 0.717) is 4.90 Å². The molecule has 0 bridgehead atoms. The van der Waals surface area contributed by atoms with Gasteiger partial charge in [-0.25, -0.2) is 8.42 Å². The standard InChI is InChI=1S/C12H21N3O2S/c1-14-8-7-12(9-14)18(16,17)15(2)11-5-3-10(13)4-6-11/h7-11H,3-6,13H2,1-2H3. The zero-order valence-corrected chi connectivity index (χ0v) is 11.7. The van der Waals surface area contributed by atoms with Crippen LogP contribution in [0.15, 0.2) is 23.4 Å². The highest BCUT2D eigenvalue weighted by Crippen LogP contribution is 2.26. The number of sulfonamides is 1. The minimum atomic E-state index is -3.36. The summed E-state index contributed by atoms with van der Waals surface area (Å²) in [5.41, 5.74) is 5.85. The molecule has 2 N–H and O–H groups in total. The second-order valence-electron chi connectivity index (χ2n) is 5.10. The fourth-order valence-electron chi connectivity index (χ4n) is 2.46. The molecule has 0 aliphatic heterocycles. The number of hydrogen-bond donors (Lipinski definition) is 1. The van der Waals surface area contributed by atoms with Crippen molar-refractivity contribution in [1.82, 2.24) is 8.87 Å². The molecule has 1 aromatic rings. The molecule has 0 atom stereocenters. The number of aromatic nitrogens is 1. The van der Waals surface area contributed by atoms with Crippen LogP contribution in [0.2, 0.25) is 0 Å². The van der Waals surface area contributed by atoms with Gasteiger partial charge in [0, 0.05) is 38.6 Å². The summed E-state index contributed by atoms with van der Waals surface area (Å²) in [7, 11) is 0.125. The van der Waals surface area contributed by atoms with E-state index < -0.39 is 10.0 Å². The van der Waals surface area contributed by atoms with Gasteiger partial charge in [-0.2, -0.15) is 4.31 Å². The van der Waals surface area contributed by atoms with Crippen LogP contribution in [0.4, 0.5) is 0 Å². The first-order chi connectivity index (χ1) is 8.41. The summed E-state index contributed by atoms with van der Waals surface area (Å²) in [4.78, 5) is 0.363. The van der Waals surface area contributed by atoms with Crippen molar-refractivity contribution in [3.05, 3.63) is 18.5 Å². The van der Waals surface area contributed by atoms with Crippen molar-refractivity contribution in [2.45, 2.75) is 42.7 Å². The van der Waals surface area contributed by atoms with Crippen LogP contribution >= 0.6 is 0 Å². The predicted octanol–water partition coefficient (Wildman–Crippen LogP) is 0.915. The number of nitrogens with zero attached hydrogens (tertiary/aromatic N) is 2. The highest BCUT2D eigenvalue weighted by Gasteiger charge is 2.30. The van der Waals surface area contributed by atoms with E-state index in [1.165, 1.54) is 4.31 Å². The van der Waals surface area contributed by atoms with Crippen LogP contribution in [-0.4, -0.2) is 36.4 Å². The van der Waals surface area contributed by atoms with Gasteiger partial charge in [0.2, 0.25) is 10.0 Å². The average molecular weight is 271 g/mol. The quantitative estimate of drug-likeness (QED) is 0.888. The van der Waals surface area contributed by atoms with Gasteiger partial charge in [0.05, 0.1) is 4.90 Å². The van der Waals surface area contributed by atoms with Crippen LogP contribution in [0.3, 0.4) is 0 Å². The predicted molar refractivity (Wildman–Crippen MR) is 70.6 cm³/mol. The Balaban J connectivity index is 2.15. The van der Waals surface area contributed by atoms with Crippen LogP contribution in [0.5, 0.6) is 0 Å². The molecule has 6 heteroatoms. The molecular formula is C12H21N3O2S. The van der Waals surface area contributed by atoms with E-state index >= 15 is 0 Å². The minimum Gasteiger partial charge on any atom is -0.356 e. The summed E-state index contributed by atoms with van der Waals surface area (Å²) < 4.78 is 28.1. The summed E-state index contributed by atoms with van der Waals surface area (Å²) in [5.74, 6) is 0. The van der Waals surface area contributed by atoms with Crippen LogP contribution in [0.1, 0.15) is 25.7 Å². The number of rotatable bonds is 3. The molecule has 1 aromatic heterocycles. The molecule has 0 unspecified atom stereocenters. The van der Waals surface area contributed by atoms with Crippen molar-refractivity contribution in [1.29, 1.82) is 0 Å². The molecule has 1 aliphatic carbocycles. The topological polar surface area (TPSA) is 68.3 Å². The van der Waals surface area contributed by atoms with Crippen molar-refractivity contribution in [3.8, 4) is 0 Å². The Labute approximate surface area is 109 Å². The first-order valence-electron chi connectivity index (χ1n) is 6.27. The van der Waals surface area contributed by atoms with Gasteiger partial charge >= 0.3 is 0 Å². The Morgan fingerprint density at radius 3 is 2.44 bits per heavy atom. The van der Waals surface area contributed by atoms with E-state index in [1.54, 1.807) is 30.1 Å². The van der Waals surface area contributed by atoms with Gasteiger partial charge in [0.25, 0.3) is 0 Å². The van der Waals surface area contributed by atoms with Crippen LogP contribution in [0, 0.1) is 0 Å². The maximum absolute atomic E-state index is 12.4. The van der Waals surface area contributed by atoms with E-state index in [1.807, 2.05) is 7.05 Å². The maximum atomic E-state index is 12.4. The molecule has 1 saturated carbocycles. The van der Waals surface area contributed by atoms with Gasteiger partial charge in [-0.1, -0.05) is 0 Å². The Kier molecular flexibility index (Phi) is 3.79. The molecule has 0 radical (unpaired) electrons. The fraction of sp³-hybridized carbons (Fsp3) is 0.667. The van der Waals surface area contributed by atoms with Crippen LogP contribution < -0.4 is 5.73 Å². The number of hydrogen-bond acceptors (Lipinski definition) is 3. The summed E-state index contributed by atoms with van der Waals surface area (Å²) in [5, 5.41) is 0. The highest BCUT2D eigenvalue weighted by molar-refractivity contribution is 7.89. The summed E-state index contributed by atoms with van der Waals surface area (Å²) >= 11 is 0. The summed E-state index contributed by atoms with van der Waals surface area (Å²) in [6.45, 7) is 0. The van der Waals surface area contributed by atoms with E-state index in [4.69, 9.17) is 5.73 Å². The summed E-state index contributed by atoms with van der Waals surface area (Å²) in [6, 6.07) is 1.95. The van der Waals surface area contributed by atoms with Gasteiger partial charge in [0.1, 0.15) is 0 Å². The Morgan fingerprint density at radius 2 is 1.94 bits per heavy atom. The third-order valence-corrected chi connectivity index (χ3v) is 5.63. The largest absolute Gasteiger partial charge is 0.356 e. The molecule has 2 rings (SSSR count). The molecule has 0 aromatic carbocycles. The van der Waals surface area contributed by atoms with E-state index in [2.05, 4.69) is 0 Å². The van der Waals surface area contributed by atoms with E-state index in [0.717, 1.165) is 25.7 Å². The Hall–Kier alpha value is -0.850. The maximum Gasteiger partial charge on any atom is 0.244 e. The SMILES string of the molecule is CN(C1CCC(N)CC1)S(=O)(=O)c1ccn(C)c1. The second-order valence-corrected chi connectivity index (χ2v) is 7.10. The smallest absolute Gasteiger partial charge is 0.244 e. The van der Waals surface area contributed by atoms with Crippen molar-refractivity contribution >= 4 is 10.0 Å². The second kappa shape index (κ2) is 5.03. The van der Waals surface area contributed by atoms with E-state index in [9.17, 15) is 8.42 Å². The molecule has 102 valence electrons. The molecular weight excluding hydrogens is 250 g/mol. The average Bonchev–Trinajstić information content (AvgIpc) is 2.76. The molecule has 1 heterocycles. The molecule has 1 aliphatic rings. The lowest BCUT2D eigenvalue weighted by Gasteiger charge is -2.32. The first-order valence-corrected chi connectivity index (χ1v) is 7.71. The van der Waals surface area contributed by atoms with Gasteiger partial charge in [-0.15, -0.1) is 0 Å². The molecule has 0 spiro atoms. The van der Waals surface area contributed by atoms with Crippen molar-refractivity contribution in [2.75, 3.05) is 7.05 Å². The monoisotopic (exact) mass is 271 g/mol. The molecule has 0 amide bonds. The zero-order chi connectivity index (χ0) is 13.3. The number of aryl methyl sites for hydroxylation is 1. The number of nitrogens with two attached hydrogens (primary N) is 1. The zero-order valence-electron chi connectivity index (χ0n) is 10.9. The molecule has 1 fully saturated rings. The lowest BCUT2D eigenvalue weighted by Crippen LogP contribution is -2.41. The van der Waals surface area contributed by atoms with Crippen molar-refractivity contribution in [2.24, 2.45) is 12.8 Å². The van der Waals surface area contributed by atoms with Gasteiger partial charge in [0.15, 0.2) is 0 Å². The lowest BCUT2D eigenvalue weighted by atomic mass is 9.92. The minimum absolute atomic E-state index is 0.0787. The van der Waals surface area contributed by atoms with Crippen LogP contribution in [-0.2, 0) is 17.1 Å². The Bertz CT molecular complexity index is 501. The third kappa shape index (κ3) is 2.60. The van der Waals surface area contributed by atoms with E-state index in [-0.39, 0.29) is 12.1 Å². The molecule has 18 heavy (non-hydrogen) atoms. The Morgan fingerprint density at radius 1 is 1.33 bits per heavy atom. The molecule has 5 nitrogen and oxygen atoms in total. The third-order valence-electron chi connectivity index (χ3n) is 3.74. The van der Waals surface area contributed by atoms with Crippen molar-refractivity contribution in [3.63, 3.8) is 0 Å². The van der Waals surface area contributed by atoms with Crippen molar-refractivity contribution < 1.29 is 8.42 Å². The lowest BCUT2D eigenvalue weighted by molar-refractivity contribution is 0.268. The fourth-order valence-corrected chi connectivity index (χ4v) is 3.93. The van der Waals surface area contributed by atoms with Gasteiger partial charge in [-0.05, 0) is 31.7 Å². The normalized spacial score (nSPS) is 25.6. The van der Waals surface area contributed by atoms with Crippen LogP contribution in [0.25, 0.3) is 0 Å². The first kappa shape index (κ1) is 13.6.